The number of amides is 1. The van der Waals surface area contributed by atoms with Gasteiger partial charge in [-0.3, -0.25) is 4.79 Å². The first-order valence-corrected chi connectivity index (χ1v) is 8.15. The minimum Gasteiger partial charge on any atom is -0.332 e. The zero-order chi connectivity index (χ0) is 17.7. The summed E-state index contributed by atoms with van der Waals surface area (Å²) in [5, 5.41) is 10.5. The monoisotopic (exact) mass is 349 g/mol. The molecule has 1 aromatic carbocycles. The summed E-state index contributed by atoms with van der Waals surface area (Å²) < 4.78 is 26.5. The Labute approximate surface area is 143 Å². The van der Waals surface area contributed by atoms with Crippen molar-refractivity contribution >= 4 is 17.2 Å². The SMILES string of the molecule is CN(C)CCN(Cc1ccc(F)c(F)c1)C(=O)c1cc(C#N)cs1. The van der Waals surface area contributed by atoms with Gasteiger partial charge in [0.05, 0.1) is 10.4 Å². The van der Waals surface area contributed by atoms with Gasteiger partial charge in [0.2, 0.25) is 0 Å². The van der Waals surface area contributed by atoms with E-state index in [1.165, 1.54) is 17.4 Å². The van der Waals surface area contributed by atoms with Crippen LogP contribution in [-0.2, 0) is 6.54 Å². The Balaban J connectivity index is 2.21. The number of likely N-dealkylation sites (N-methyl/N-ethyl adjacent to an activating group) is 1. The average Bonchev–Trinajstić information content (AvgIpc) is 3.03. The van der Waals surface area contributed by atoms with Gasteiger partial charge in [0.25, 0.3) is 5.91 Å². The van der Waals surface area contributed by atoms with E-state index < -0.39 is 11.6 Å². The second kappa shape index (κ2) is 7.99. The van der Waals surface area contributed by atoms with Crippen LogP contribution in [0, 0.1) is 23.0 Å². The van der Waals surface area contributed by atoms with Gasteiger partial charge < -0.3 is 9.80 Å². The molecule has 0 saturated heterocycles. The molecule has 0 fully saturated rings. The van der Waals surface area contributed by atoms with Crippen LogP contribution in [0.15, 0.2) is 29.6 Å². The number of benzene rings is 1. The number of hydrogen-bond donors (Lipinski definition) is 0. The van der Waals surface area contributed by atoms with Gasteiger partial charge in [0.15, 0.2) is 11.6 Å². The molecule has 0 saturated carbocycles. The number of rotatable bonds is 6. The molecule has 0 atom stereocenters. The first-order valence-electron chi connectivity index (χ1n) is 7.27. The number of carbonyl (C=O) groups is 1. The van der Waals surface area contributed by atoms with Crippen LogP contribution >= 0.6 is 11.3 Å². The van der Waals surface area contributed by atoms with Gasteiger partial charge in [-0.1, -0.05) is 6.07 Å². The van der Waals surface area contributed by atoms with Crippen molar-refractivity contribution in [3.8, 4) is 6.07 Å². The van der Waals surface area contributed by atoms with Crippen LogP contribution in [-0.4, -0.2) is 42.9 Å². The van der Waals surface area contributed by atoms with Gasteiger partial charge in [-0.15, -0.1) is 11.3 Å². The van der Waals surface area contributed by atoms with Gasteiger partial charge in [0, 0.05) is 25.0 Å². The van der Waals surface area contributed by atoms with Gasteiger partial charge >= 0.3 is 0 Å². The van der Waals surface area contributed by atoms with E-state index in [1.54, 1.807) is 16.3 Å². The van der Waals surface area contributed by atoms with E-state index in [2.05, 4.69) is 0 Å². The molecule has 0 bridgehead atoms. The van der Waals surface area contributed by atoms with Crippen LogP contribution in [0.3, 0.4) is 0 Å². The highest BCUT2D eigenvalue weighted by atomic mass is 32.1. The summed E-state index contributed by atoms with van der Waals surface area (Å²) in [6.45, 7) is 1.24. The molecule has 0 unspecified atom stereocenters. The van der Waals surface area contributed by atoms with Crippen molar-refractivity contribution in [1.82, 2.24) is 9.80 Å². The molecule has 0 N–H and O–H groups in total. The standard InChI is InChI=1S/C17H17F2N3OS/c1-21(2)5-6-22(10-12-3-4-14(18)15(19)7-12)17(23)16-8-13(9-20)11-24-16/h3-4,7-8,11H,5-6,10H2,1-2H3. The van der Waals surface area contributed by atoms with E-state index >= 15 is 0 Å². The van der Waals surface area contributed by atoms with Gasteiger partial charge in [-0.2, -0.15) is 5.26 Å². The minimum absolute atomic E-state index is 0.170. The number of halogens is 2. The maximum atomic E-state index is 13.4. The Hall–Kier alpha value is -2.30. The van der Waals surface area contributed by atoms with E-state index in [4.69, 9.17) is 5.26 Å². The van der Waals surface area contributed by atoms with Crippen LogP contribution in [0.1, 0.15) is 20.8 Å². The van der Waals surface area contributed by atoms with Gasteiger partial charge in [0.1, 0.15) is 6.07 Å². The molecule has 1 amide bonds. The highest BCUT2D eigenvalue weighted by Crippen LogP contribution is 2.18. The molecule has 126 valence electrons. The third-order valence-electron chi connectivity index (χ3n) is 3.40. The Morgan fingerprint density at radius 1 is 1.21 bits per heavy atom. The zero-order valence-corrected chi connectivity index (χ0v) is 14.2. The quantitative estimate of drug-likeness (QED) is 0.805. The van der Waals surface area contributed by atoms with E-state index in [-0.39, 0.29) is 12.5 Å². The van der Waals surface area contributed by atoms with Crippen molar-refractivity contribution in [2.45, 2.75) is 6.54 Å². The smallest absolute Gasteiger partial charge is 0.264 e. The minimum atomic E-state index is -0.935. The predicted molar refractivity (Wildman–Crippen MR) is 88.7 cm³/mol. The van der Waals surface area contributed by atoms with E-state index in [0.29, 0.717) is 29.1 Å². The second-order valence-corrected chi connectivity index (χ2v) is 6.50. The van der Waals surface area contributed by atoms with Gasteiger partial charge in [-0.25, -0.2) is 8.78 Å². The molecule has 1 aromatic heterocycles. The maximum Gasteiger partial charge on any atom is 0.264 e. The molecule has 24 heavy (non-hydrogen) atoms. The van der Waals surface area contributed by atoms with Gasteiger partial charge in [-0.05, 0) is 37.9 Å². The average molecular weight is 349 g/mol. The third-order valence-corrected chi connectivity index (χ3v) is 4.32. The summed E-state index contributed by atoms with van der Waals surface area (Å²) in [4.78, 5) is 16.6. The van der Waals surface area contributed by atoms with Crippen LogP contribution in [0.25, 0.3) is 0 Å². The van der Waals surface area contributed by atoms with E-state index in [0.717, 1.165) is 12.1 Å². The number of hydrogen-bond acceptors (Lipinski definition) is 4. The highest BCUT2D eigenvalue weighted by Gasteiger charge is 2.19. The Morgan fingerprint density at radius 3 is 2.54 bits per heavy atom. The van der Waals surface area contributed by atoms with Crippen LogP contribution in [0.4, 0.5) is 8.78 Å². The maximum absolute atomic E-state index is 13.4. The Bertz CT molecular complexity index is 767. The van der Waals surface area contributed by atoms with E-state index in [9.17, 15) is 13.6 Å². The van der Waals surface area contributed by atoms with Crippen LogP contribution < -0.4 is 0 Å². The van der Waals surface area contributed by atoms with E-state index in [1.807, 2.05) is 25.1 Å². The fourth-order valence-corrected chi connectivity index (χ4v) is 2.89. The number of nitriles is 1. The summed E-state index contributed by atoms with van der Waals surface area (Å²) in [5.74, 6) is -2.08. The fraction of sp³-hybridized carbons (Fsp3) is 0.294. The van der Waals surface area contributed by atoms with Crippen molar-refractivity contribution < 1.29 is 13.6 Å². The van der Waals surface area contributed by atoms with Crippen molar-refractivity contribution in [2.24, 2.45) is 0 Å². The topological polar surface area (TPSA) is 47.3 Å². The molecule has 7 heteroatoms. The molecule has 0 aliphatic heterocycles. The lowest BCUT2D eigenvalue weighted by Gasteiger charge is -2.24. The fourth-order valence-electron chi connectivity index (χ4n) is 2.09. The number of nitrogens with zero attached hydrogens (tertiary/aromatic N) is 3. The molecule has 0 radical (unpaired) electrons. The largest absolute Gasteiger partial charge is 0.332 e. The third kappa shape index (κ3) is 4.60. The summed E-state index contributed by atoms with van der Waals surface area (Å²) in [6, 6.07) is 7.15. The molecule has 0 spiro atoms. The second-order valence-electron chi connectivity index (χ2n) is 5.59. The van der Waals surface area contributed by atoms with Crippen LogP contribution in [0.2, 0.25) is 0 Å². The van der Waals surface area contributed by atoms with Crippen molar-refractivity contribution in [3.05, 3.63) is 57.3 Å². The summed E-state index contributed by atoms with van der Waals surface area (Å²) in [6.07, 6.45) is 0. The molecule has 0 aliphatic carbocycles. The molecule has 1 heterocycles. The zero-order valence-electron chi connectivity index (χ0n) is 13.4. The summed E-state index contributed by atoms with van der Waals surface area (Å²) in [7, 11) is 3.78. The lowest BCUT2D eigenvalue weighted by atomic mass is 10.2. The predicted octanol–water partition coefficient (Wildman–Crippen LogP) is 3.10. The molecule has 2 aromatic rings. The normalized spacial score (nSPS) is 10.7. The molecule has 4 nitrogen and oxygen atoms in total. The van der Waals surface area contributed by atoms with Crippen molar-refractivity contribution in [3.63, 3.8) is 0 Å². The lowest BCUT2D eigenvalue weighted by Crippen LogP contribution is -2.36. The summed E-state index contributed by atoms with van der Waals surface area (Å²) in [5.41, 5.74) is 0.946. The molecule has 0 aliphatic rings. The lowest BCUT2D eigenvalue weighted by molar-refractivity contribution is 0.0736. The molecular weight excluding hydrogens is 332 g/mol. The summed E-state index contributed by atoms with van der Waals surface area (Å²) >= 11 is 1.20. The Kier molecular flexibility index (Phi) is 6.01. The molecular formula is C17H17F2N3OS. The Morgan fingerprint density at radius 2 is 1.96 bits per heavy atom. The first kappa shape index (κ1) is 18.0. The number of carbonyl (C=O) groups excluding carboxylic acids is 1. The highest BCUT2D eigenvalue weighted by molar-refractivity contribution is 7.12. The first-order chi connectivity index (χ1) is 11.4. The van der Waals surface area contributed by atoms with Crippen molar-refractivity contribution in [2.75, 3.05) is 27.2 Å². The van der Waals surface area contributed by atoms with Crippen molar-refractivity contribution in [1.29, 1.82) is 5.26 Å². The van der Waals surface area contributed by atoms with Crippen LogP contribution in [0.5, 0.6) is 0 Å². The number of thiophene rings is 1. The molecule has 2 rings (SSSR count).